The molecule has 1 aliphatic heterocycles. The first kappa shape index (κ1) is 11.7. The molecule has 0 unspecified atom stereocenters. The Morgan fingerprint density at radius 1 is 1.33 bits per heavy atom. The Bertz CT molecular complexity index is 486. The summed E-state index contributed by atoms with van der Waals surface area (Å²) in [6.07, 6.45) is 2.10. The van der Waals surface area contributed by atoms with E-state index >= 15 is 0 Å². The molecule has 1 heterocycles. The molecule has 3 rings (SSSR count). The maximum absolute atomic E-state index is 12.1. The second kappa shape index (κ2) is 3.81. The first-order valence-corrected chi connectivity index (χ1v) is 6.61. The molecule has 1 saturated heterocycles. The smallest absolute Gasteiger partial charge is 0.309 e. The second-order valence-electron chi connectivity index (χ2n) is 5.82. The van der Waals surface area contributed by atoms with E-state index in [0.29, 0.717) is 6.42 Å². The Morgan fingerprint density at radius 3 is 2.78 bits per heavy atom. The van der Waals surface area contributed by atoms with Gasteiger partial charge in [-0.15, -0.1) is 0 Å². The van der Waals surface area contributed by atoms with Crippen molar-refractivity contribution in [3.05, 3.63) is 23.3 Å². The van der Waals surface area contributed by atoms with Crippen molar-refractivity contribution in [3.63, 3.8) is 0 Å². The van der Waals surface area contributed by atoms with Crippen LogP contribution >= 0.6 is 0 Å². The number of ketones is 1. The van der Waals surface area contributed by atoms with Crippen LogP contribution < -0.4 is 0 Å². The highest BCUT2D eigenvalue weighted by molar-refractivity contribution is 6.02. The van der Waals surface area contributed by atoms with E-state index in [1.54, 1.807) is 0 Å². The van der Waals surface area contributed by atoms with Crippen molar-refractivity contribution < 1.29 is 14.3 Å². The normalized spacial score (nSPS) is 39.6. The van der Waals surface area contributed by atoms with E-state index in [0.717, 1.165) is 24.0 Å². The van der Waals surface area contributed by atoms with Crippen molar-refractivity contribution in [1.82, 2.24) is 0 Å². The summed E-state index contributed by atoms with van der Waals surface area (Å²) in [4.78, 5) is 23.8. The molecule has 0 aromatic heterocycles. The fourth-order valence-corrected chi connectivity index (χ4v) is 3.72. The van der Waals surface area contributed by atoms with Crippen molar-refractivity contribution in [1.29, 1.82) is 0 Å². The summed E-state index contributed by atoms with van der Waals surface area (Å²) >= 11 is 0. The van der Waals surface area contributed by atoms with Crippen LogP contribution in [0.25, 0.3) is 0 Å². The van der Waals surface area contributed by atoms with Gasteiger partial charge in [-0.1, -0.05) is 24.6 Å². The molecule has 0 bridgehead atoms. The van der Waals surface area contributed by atoms with Gasteiger partial charge >= 0.3 is 5.97 Å². The third-order valence-electron chi connectivity index (χ3n) is 4.77. The first-order valence-electron chi connectivity index (χ1n) is 6.61. The summed E-state index contributed by atoms with van der Waals surface area (Å²) in [5, 5.41) is 0. The van der Waals surface area contributed by atoms with Gasteiger partial charge in [0.15, 0.2) is 5.78 Å². The summed E-state index contributed by atoms with van der Waals surface area (Å²) in [6.45, 7) is 8.00. The third kappa shape index (κ3) is 1.43. The predicted octanol–water partition coefficient (Wildman–Crippen LogP) is 2.42. The zero-order valence-corrected chi connectivity index (χ0v) is 10.9. The van der Waals surface area contributed by atoms with E-state index in [1.165, 1.54) is 5.57 Å². The summed E-state index contributed by atoms with van der Waals surface area (Å²) in [5.74, 6) is 0.206. The molecule has 3 aliphatic rings. The molecule has 18 heavy (non-hydrogen) atoms. The molecule has 3 heteroatoms. The Kier molecular flexibility index (Phi) is 2.47. The number of allylic oxidation sites excluding steroid dienone is 1. The minimum Gasteiger partial charge on any atom is -0.461 e. The van der Waals surface area contributed by atoms with Crippen LogP contribution in [-0.2, 0) is 14.3 Å². The molecule has 2 aliphatic carbocycles. The quantitative estimate of drug-likeness (QED) is 0.487. The van der Waals surface area contributed by atoms with Crippen LogP contribution in [0, 0.1) is 17.8 Å². The molecule has 1 saturated carbocycles. The fourth-order valence-electron chi connectivity index (χ4n) is 3.72. The Balaban J connectivity index is 2.07. The van der Waals surface area contributed by atoms with E-state index in [4.69, 9.17) is 4.74 Å². The van der Waals surface area contributed by atoms with Crippen molar-refractivity contribution >= 4 is 11.8 Å². The van der Waals surface area contributed by atoms with Gasteiger partial charge in [0.05, 0.1) is 5.92 Å². The molecule has 0 aromatic carbocycles. The van der Waals surface area contributed by atoms with E-state index in [2.05, 4.69) is 6.58 Å². The summed E-state index contributed by atoms with van der Waals surface area (Å²) in [5.41, 5.74) is 2.98. The zero-order chi connectivity index (χ0) is 13.0. The number of ether oxygens (including phenoxy) is 1. The van der Waals surface area contributed by atoms with Crippen LogP contribution in [0.2, 0.25) is 0 Å². The maximum Gasteiger partial charge on any atom is 0.309 e. The minimum absolute atomic E-state index is 0.0427. The van der Waals surface area contributed by atoms with Crippen LogP contribution in [0.15, 0.2) is 23.3 Å². The van der Waals surface area contributed by atoms with Gasteiger partial charge in [0.25, 0.3) is 0 Å². The van der Waals surface area contributed by atoms with Crippen LogP contribution in [0.1, 0.15) is 33.1 Å². The average Bonchev–Trinajstić information content (AvgIpc) is 2.68. The van der Waals surface area contributed by atoms with Gasteiger partial charge in [0.1, 0.15) is 6.10 Å². The molecule has 0 amide bonds. The van der Waals surface area contributed by atoms with Crippen LogP contribution in [0.3, 0.4) is 0 Å². The molecular formula is C15H18O3. The number of esters is 1. The van der Waals surface area contributed by atoms with Gasteiger partial charge in [-0.05, 0) is 19.8 Å². The highest BCUT2D eigenvalue weighted by Gasteiger charge is 2.51. The zero-order valence-electron chi connectivity index (χ0n) is 10.9. The molecule has 3 nitrogen and oxygen atoms in total. The Hall–Kier alpha value is -1.38. The molecule has 96 valence electrons. The highest BCUT2D eigenvalue weighted by atomic mass is 16.6. The molecule has 0 spiro atoms. The van der Waals surface area contributed by atoms with E-state index < -0.39 is 0 Å². The Morgan fingerprint density at radius 2 is 2.06 bits per heavy atom. The van der Waals surface area contributed by atoms with Gasteiger partial charge in [-0.2, -0.15) is 0 Å². The lowest BCUT2D eigenvalue weighted by molar-refractivity contribution is -0.144. The van der Waals surface area contributed by atoms with Crippen LogP contribution in [-0.4, -0.2) is 17.9 Å². The molecule has 4 atom stereocenters. The number of rotatable bonds is 0. The number of hydrogen-bond acceptors (Lipinski definition) is 3. The topological polar surface area (TPSA) is 43.4 Å². The van der Waals surface area contributed by atoms with Crippen molar-refractivity contribution in [2.24, 2.45) is 17.8 Å². The van der Waals surface area contributed by atoms with Gasteiger partial charge in [-0.3, -0.25) is 9.59 Å². The van der Waals surface area contributed by atoms with Crippen molar-refractivity contribution in [2.45, 2.75) is 39.2 Å². The molecule has 0 radical (unpaired) electrons. The summed E-state index contributed by atoms with van der Waals surface area (Å²) in [6, 6.07) is 0. The first-order chi connectivity index (χ1) is 8.50. The van der Waals surface area contributed by atoms with Crippen molar-refractivity contribution in [3.8, 4) is 0 Å². The molecule has 0 aromatic rings. The van der Waals surface area contributed by atoms with Crippen LogP contribution in [0.5, 0.6) is 0 Å². The maximum atomic E-state index is 12.1. The van der Waals surface area contributed by atoms with Gasteiger partial charge in [0, 0.05) is 23.8 Å². The van der Waals surface area contributed by atoms with Gasteiger partial charge in [0.2, 0.25) is 0 Å². The lowest BCUT2D eigenvalue weighted by atomic mass is 9.81. The molecular weight excluding hydrogens is 228 g/mol. The number of carbonyl (C=O) groups excluding carboxylic acids is 2. The summed E-state index contributed by atoms with van der Waals surface area (Å²) < 4.78 is 5.55. The van der Waals surface area contributed by atoms with Crippen LogP contribution in [0.4, 0.5) is 0 Å². The third-order valence-corrected chi connectivity index (χ3v) is 4.77. The minimum atomic E-state index is -0.154. The number of hydrogen-bond donors (Lipinski definition) is 0. The molecule has 0 N–H and O–H groups in total. The largest absolute Gasteiger partial charge is 0.461 e. The number of carbonyl (C=O) groups is 2. The standard InChI is InChI=1S/C15H18O3/c1-7-4-5-10-9(3)15(17)18-14(10)13-8(2)6-11(16)12(7)13/h9-10,13-14H,2,4-6H2,1,3H3/t9-,10-,13-,14-/m0/s1. The lowest BCUT2D eigenvalue weighted by Gasteiger charge is -2.23. The SMILES string of the molecule is C=C1CC(=O)C2=C(C)CC[C@@H]3[C@H](OC(=O)[C@H]3C)[C@@H]12. The second-order valence-corrected chi connectivity index (χ2v) is 5.82. The average molecular weight is 246 g/mol. The van der Waals surface area contributed by atoms with E-state index in [9.17, 15) is 9.59 Å². The summed E-state index contributed by atoms with van der Waals surface area (Å²) in [7, 11) is 0. The lowest BCUT2D eigenvalue weighted by Crippen LogP contribution is -2.27. The highest BCUT2D eigenvalue weighted by Crippen LogP contribution is 2.48. The Labute approximate surface area is 107 Å². The monoisotopic (exact) mass is 246 g/mol. The fraction of sp³-hybridized carbons (Fsp3) is 0.600. The van der Waals surface area contributed by atoms with Gasteiger partial charge < -0.3 is 4.74 Å². The number of fused-ring (bicyclic) bond motifs is 3. The van der Waals surface area contributed by atoms with Gasteiger partial charge in [-0.25, -0.2) is 0 Å². The van der Waals surface area contributed by atoms with E-state index in [1.807, 2.05) is 13.8 Å². The van der Waals surface area contributed by atoms with Crippen molar-refractivity contribution in [2.75, 3.05) is 0 Å². The van der Waals surface area contributed by atoms with E-state index in [-0.39, 0.29) is 35.6 Å². The molecule has 2 fully saturated rings. The number of Topliss-reactive ketones (excluding diaryl/α,β-unsaturated/α-hetero) is 1. The predicted molar refractivity (Wildman–Crippen MR) is 66.7 cm³/mol.